The number of hydrogen-bond donors (Lipinski definition) is 0. The van der Waals surface area contributed by atoms with Gasteiger partial charge in [-0.2, -0.15) is 0 Å². The normalized spacial score (nSPS) is 19.1. The Kier molecular flexibility index (Phi) is 7.26. The first-order chi connectivity index (χ1) is 13.1. The second-order valence-corrected chi connectivity index (χ2v) is 7.94. The van der Waals surface area contributed by atoms with Crippen LogP contribution < -0.4 is 0 Å². The van der Waals surface area contributed by atoms with Crippen molar-refractivity contribution in [3.05, 3.63) is 34.3 Å². The fourth-order valence-corrected chi connectivity index (χ4v) is 4.47. The molecule has 2 fully saturated rings. The number of rotatable bonds is 5. The van der Waals surface area contributed by atoms with Crippen molar-refractivity contribution in [1.29, 1.82) is 0 Å². The number of amides is 2. The molecule has 2 heterocycles. The van der Waals surface area contributed by atoms with Crippen molar-refractivity contribution in [2.24, 2.45) is 0 Å². The Labute approximate surface area is 168 Å². The molecule has 0 spiro atoms. The van der Waals surface area contributed by atoms with E-state index >= 15 is 0 Å². The minimum Gasteiger partial charge on any atom is -0.381 e. The van der Waals surface area contributed by atoms with Gasteiger partial charge < -0.3 is 19.3 Å². The zero-order valence-corrected chi connectivity index (χ0v) is 17.3. The van der Waals surface area contributed by atoms with Crippen LogP contribution in [0.25, 0.3) is 0 Å². The molecule has 2 aliphatic heterocycles. The summed E-state index contributed by atoms with van der Waals surface area (Å²) in [5, 5.41) is 0. The smallest absolute Gasteiger partial charge is 0.254 e. The topological polar surface area (TPSA) is 59.1 Å². The van der Waals surface area contributed by atoms with E-state index in [9.17, 15) is 9.59 Å². The lowest BCUT2D eigenvalue weighted by molar-refractivity contribution is -0.143. The van der Waals surface area contributed by atoms with Crippen molar-refractivity contribution in [3.8, 4) is 0 Å². The van der Waals surface area contributed by atoms with Crippen molar-refractivity contribution in [2.75, 3.05) is 40.0 Å². The van der Waals surface area contributed by atoms with Crippen molar-refractivity contribution >= 4 is 27.7 Å². The monoisotopic (exact) mass is 438 g/mol. The number of benzene rings is 1. The van der Waals surface area contributed by atoms with Crippen molar-refractivity contribution < 1.29 is 19.1 Å². The molecule has 0 N–H and O–H groups in total. The van der Waals surface area contributed by atoms with Crippen molar-refractivity contribution in [1.82, 2.24) is 9.80 Å². The van der Waals surface area contributed by atoms with E-state index in [2.05, 4.69) is 15.9 Å². The molecule has 1 aromatic rings. The average molecular weight is 439 g/mol. The number of hydrogen-bond acceptors (Lipinski definition) is 4. The highest BCUT2D eigenvalue weighted by Gasteiger charge is 2.35. The minimum atomic E-state index is 0.0416. The fraction of sp³-hybridized carbons (Fsp3) is 0.600. The van der Waals surface area contributed by atoms with Gasteiger partial charge in [0.1, 0.15) is 6.61 Å². The quantitative estimate of drug-likeness (QED) is 0.708. The first kappa shape index (κ1) is 20.3. The average Bonchev–Trinajstić information content (AvgIpc) is 2.70. The first-order valence-corrected chi connectivity index (χ1v) is 10.3. The van der Waals surface area contributed by atoms with Crippen LogP contribution in [0.3, 0.4) is 0 Å². The van der Waals surface area contributed by atoms with Gasteiger partial charge in [0, 0.05) is 50.0 Å². The molecule has 3 rings (SSSR count). The van der Waals surface area contributed by atoms with Crippen molar-refractivity contribution in [3.63, 3.8) is 0 Å². The minimum absolute atomic E-state index is 0.0416. The molecule has 0 aliphatic carbocycles. The SMILES string of the molecule is COCC(=O)N(C1CCOCC1)C1CCN(C(=O)c2ccccc2Br)CC1. The van der Waals surface area contributed by atoms with Gasteiger partial charge in [0.05, 0.1) is 5.56 Å². The van der Waals surface area contributed by atoms with Gasteiger partial charge in [-0.15, -0.1) is 0 Å². The van der Waals surface area contributed by atoms with Gasteiger partial charge in [0.15, 0.2) is 0 Å². The van der Waals surface area contributed by atoms with Crippen molar-refractivity contribution in [2.45, 2.75) is 37.8 Å². The van der Waals surface area contributed by atoms with Crippen LogP contribution in [0, 0.1) is 0 Å². The van der Waals surface area contributed by atoms with E-state index in [4.69, 9.17) is 9.47 Å². The third-order valence-electron chi connectivity index (χ3n) is 5.39. The summed E-state index contributed by atoms with van der Waals surface area (Å²) >= 11 is 3.46. The van der Waals surface area contributed by atoms with E-state index in [1.54, 1.807) is 7.11 Å². The predicted octanol–water partition coefficient (Wildman–Crippen LogP) is 2.71. The number of piperidine rings is 1. The summed E-state index contributed by atoms with van der Waals surface area (Å²) in [7, 11) is 1.55. The van der Waals surface area contributed by atoms with Gasteiger partial charge in [0.25, 0.3) is 5.91 Å². The van der Waals surface area contributed by atoms with Gasteiger partial charge in [-0.05, 0) is 53.7 Å². The Hall–Kier alpha value is -1.44. The zero-order valence-electron chi connectivity index (χ0n) is 15.7. The lowest BCUT2D eigenvalue weighted by atomic mass is 9.97. The van der Waals surface area contributed by atoms with Gasteiger partial charge in [0.2, 0.25) is 5.91 Å². The molecule has 1 aromatic carbocycles. The molecule has 2 amide bonds. The van der Waals surface area contributed by atoms with E-state index in [0.29, 0.717) is 31.9 Å². The Morgan fingerprint density at radius 1 is 1.15 bits per heavy atom. The summed E-state index contributed by atoms with van der Waals surface area (Å²) in [5.74, 6) is 0.0849. The number of halogens is 1. The second-order valence-electron chi connectivity index (χ2n) is 7.08. The molecule has 6 nitrogen and oxygen atoms in total. The Bertz CT molecular complexity index is 655. The second kappa shape index (κ2) is 9.66. The maximum absolute atomic E-state index is 12.8. The molecule has 0 aromatic heterocycles. The summed E-state index contributed by atoms with van der Waals surface area (Å²) in [6.07, 6.45) is 3.32. The third-order valence-corrected chi connectivity index (χ3v) is 6.08. The predicted molar refractivity (Wildman–Crippen MR) is 106 cm³/mol. The standard InChI is InChI=1S/C20H27BrN2O4/c1-26-14-19(24)23(16-8-12-27-13-9-16)15-6-10-22(11-7-15)20(25)17-4-2-3-5-18(17)21/h2-5,15-16H,6-14H2,1H3. The van der Waals surface area contributed by atoms with Gasteiger partial charge in [-0.25, -0.2) is 0 Å². The summed E-state index contributed by atoms with van der Waals surface area (Å²) in [4.78, 5) is 29.4. The molecule has 2 saturated heterocycles. The number of carbonyl (C=O) groups is 2. The third kappa shape index (κ3) is 4.89. The first-order valence-electron chi connectivity index (χ1n) is 9.53. The molecule has 0 bridgehead atoms. The largest absolute Gasteiger partial charge is 0.381 e. The van der Waals surface area contributed by atoms with Gasteiger partial charge in [-0.1, -0.05) is 12.1 Å². The van der Waals surface area contributed by atoms with Crippen LogP contribution in [0.4, 0.5) is 0 Å². The number of methoxy groups -OCH3 is 1. The Morgan fingerprint density at radius 2 is 1.78 bits per heavy atom. The maximum atomic E-state index is 12.8. The molecule has 0 atom stereocenters. The molecule has 0 saturated carbocycles. The van der Waals surface area contributed by atoms with E-state index in [1.807, 2.05) is 34.1 Å². The summed E-state index contributed by atoms with van der Waals surface area (Å²) in [6, 6.07) is 7.86. The fourth-order valence-electron chi connectivity index (χ4n) is 4.02. The van der Waals surface area contributed by atoms with Crippen LogP contribution in [-0.2, 0) is 14.3 Å². The lowest BCUT2D eigenvalue weighted by Gasteiger charge is -2.43. The molecule has 27 heavy (non-hydrogen) atoms. The van der Waals surface area contributed by atoms with Crippen LogP contribution in [0.15, 0.2) is 28.7 Å². The zero-order chi connectivity index (χ0) is 19.2. The van der Waals surface area contributed by atoms with Gasteiger partial charge in [-0.3, -0.25) is 9.59 Å². The van der Waals surface area contributed by atoms with E-state index in [1.165, 1.54) is 0 Å². The van der Waals surface area contributed by atoms with Crippen LogP contribution >= 0.6 is 15.9 Å². The van der Waals surface area contributed by atoms with E-state index in [0.717, 1.165) is 30.2 Å². The molecular weight excluding hydrogens is 412 g/mol. The molecular formula is C20H27BrN2O4. The number of likely N-dealkylation sites (tertiary alicyclic amines) is 1. The highest BCUT2D eigenvalue weighted by molar-refractivity contribution is 9.10. The summed E-state index contributed by atoms with van der Waals surface area (Å²) in [6.45, 7) is 2.81. The summed E-state index contributed by atoms with van der Waals surface area (Å²) in [5.41, 5.74) is 0.688. The highest BCUT2D eigenvalue weighted by Crippen LogP contribution is 2.26. The highest BCUT2D eigenvalue weighted by atomic mass is 79.9. The van der Waals surface area contributed by atoms with Crippen LogP contribution in [0.5, 0.6) is 0 Å². The molecule has 2 aliphatic rings. The van der Waals surface area contributed by atoms with Crippen LogP contribution in [0.1, 0.15) is 36.0 Å². The van der Waals surface area contributed by atoms with Crippen LogP contribution in [0.2, 0.25) is 0 Å². The summed E-state index contributed by atoms with van der Waals surface area (Å²) < 4.78 is 11.4. The lowest BCUT2D eigenvalue weighted by Crippen LogP contribution is -2.54. The van der Waals surface area contributed by atoms with E-state index in [-0.39, 0.29) is 30.5 Å². The van der Waals surface area contributed by atoms with Crippen LogP contribution in [-0.4, -0.2) is 73.7 Å². The molecule has 0 unspecified atom stereocenters. The number of nitrogens with zero attached hydrogens (tertiary/aromatic N) is 2. The maximum Gasteiger partial charge on any atom is 0.254 e. The van der Waals surface area contributed by atoms with E-state index < -0.39 is 0 Å². The number of carbonyl (C=O) groups excluding carboxylic acids is 2. The molecule has 148 valence electrons. The Morgan fingerprint density at radius 3 is 2.41 bits per heavy atom. The molecule has 7 heteroatoms. The molecule has 0 radical (unpaired) electrons. The van der Waals surface area contributed by atoms with Gasteiger partial charge >= 0.3 is 0 Å². The Balaban J connectivity index is 1.65. The number of ether oxygens (including phenoxy) is 2.